The second kappa shape index (κ2) is 6.32. The molecule has 0 radical (unpaired) electrons. The number of nitrogens with one attached hydrogen (secondary N) is 1. The second-order valence-electron chi connectivity index (χ2n) is 4.72. The van der Waals surface area contributed by atoms with Gasteiger partial charge in [0.15, 0.2) is 0 Å². The maximum atomic E-state index is 12.1. The number of sulfonamides is 1. The Bertz CT molecular complexity index is 478. The molecule has 0 bridgehead atoms. The fourth-order valence-electron chi connectivity index (χ4n) is 2.37. The standard InChI is InChI=1S/C12H19NO4S2/c14-7-8-17-12(5-1-2-6-12)10-13-19(15,16)11-4-3-9-18-11/h3-4,9,13-14H,1-2,5-8,10H2. The van der Waals surface area contributed by atoms with Crippen LogP contribution in [0, 0.1) is 0 Å². The van der Waals surface area contributed by atoms with E-state index in [0.29, 0.717) is 4.21 Å². The van der Waals surface area contributed by atoms with Crippen LogP contribution in [0.1, 0.15) is 25.7 Å². The number of aliphatic hydroxyl groups is 1. The van der Waals surface area contributed by atoms with Crippen molar-refractivity contribution >= 4 is 21.4 Å². The summed E-state index contributed by atoms with van der Waals surface area (Å²) >= 11 is 1.20. The lowest BCUT2D eigenvalue weighted by Gasteiger charge is -2.29. The highest BCUT2D eigenvalue weighted by Crippen LogP contribution is 2.33. The molecule has 5 nitrogen and oxygen atoms in total. The van der Waals surface area contributed by atoms with Gasteiger partial charge in [0, 0.05) is 6.54 Å². The van der Waals surface area contributed by atoms with E-state index in [1.165, 1.54) is 11.3 Å². The van der Waals surface area contributed by atoms with Crippen LogP contribution in [0.25, 0.3) is 0 Å². The summed E-state index contributed by atoms with van der Waals surface area (Å²) in [4.78, 5) is 0. The minimum absolute atomic E-state index is 0.0422. The van der Waals surface area contributed by atoms with Crippen LogP contribution >= 0.6 is 11.3 Å². The molecule has 108 valence electrons. The molecule has 1 aromatic heterocycles. The summed E-state index contributed by atoms with van der Waals surface area (Å²) < 4.78 is 32.8. The molecule has 1 fully saturated rings. The van der Waals surface area contributed by atoms with Crippen molar-refractivity contribution in [1.82, 2.24) is 4.72 Å². The van der Waals surface area contributed by atoms with Crippen LogP contribution < -0.4 is 4.72 Å². The summed E-state index contributed by atoms with van der Waals surface area (Å²) in [6.07, 6.45) is 3.73. The van der Waals surface area contributed by atoms with E-state index in [-0.39, 0.29) is 19.8 Å². The number of ether oxygens (including phenoxy) is 1. The molecule has 1 aliphatic carbocycles. The lowest BCUT2D eigenvalue weighted by atomic mass is 10.0. The first-order valence-corrected chi connectivity index (χ1v) is 8.72. The van der Waals surface area contributed by atoms with Gasteiger partial charge in [-0.3, -0.25) is 0 Å². The maximum absolute atomic E-state index is 12.1. The molecule has 19 heavy (non-hydrogen) atoms. The van der Waals surface area contributed by atoms with E-state index in [2.05, 4.69) is 4.72 Å². The quantitative estimate of drug-likeness (QED) is 0.797. The summed E-state index contributed by atoms with van der Waals surface area (Å²) in [6, 6.07) is 3.30. The molecule has 1 heterocycles. The van der Waals surface area contributed by atoms with E-state index in [1.54, 1.807) is 17.5 Å². The molecular weight excluding hydrogens is 286 g/mol. The Morgan fingerprint density at radius 2 is 2.16 bits per heavy atom. The summed E-state index contributed by atoms with van der Waals surface area (Å²) in [5, 5.41) is 10.6. The normalized spacial score (nSPS) is 18.8. The summed E-state index contributed by atoms with van der Waals surface area (Å²) in [5.74, 6) is 0. The molecule has 2 rings (SSSR count). The van der Waals surface area contributed by atoms with Crippen LogP contribution in [-0.2, 0) is 14.8 Å². The topological polar surface area (TPSA) is 75.6 Å². The molecule has 0 atom stereocenters. The second-order valence-corrected chi connectivity index (χ2v) is 7.66. The van der Waals surface area contributed by atoms with Crippen LogP contribution in [0.5, 0.6) is 0 Å². The molecule has 0 unspecified atom stereocenters. The van der Waals surface area contributed by atoms with Crippen LogP contribution in [0.15, 0.2) is 21.7 Å². The van der Waals surface area contributed by atoms with E-state index < -0.39 is 15.6 Å². The maximum Gasteiger partial charge on any atom is 0.250 e. The Morgan fingerprint density at radius 1 is 1.42 bits per heavy atom. The van der Waals surface area contributed by atoms with Gasteiger partial charge in [-0.1, -0.05) is 18.9 Å². The molecule has 0 aromatic carbocycles. The Balaban J connectivity index is 1.99. The zero-order valence-corrected chi connectivity index (χ0v) is 12.3. The molecule has 7 heteroatoms. The van der Waals surface area contributed by atoms with E-state index in [4.69, 9.17) is 9.84 Å². The lowest BCUT2D eigenvalue weighted by molar-refractivity contribution is -0.0492. The highest BCUT2D eigenvalue weighted by Gasteiger charge is 2.36. The van der Waals surface area contributed by atoms with Crippen LogP contribution in [0.4, 0.5) is 0 Å². The third kappa shape index (κ3) is 3.76. The fourth-order valence-corrected chi connectivity index (χ4v) is 4.52. The molecular formula is C12H19NO4S2. The Kier molecular flexibility index (Phi) is 4.97. The van der Waals surface area contributed by atoms with Crippen LogP contribution in [0.2, 0.25) is 0 Å². The molecule has 0 aliphatic heterocycles. The predicted molar refractivity (Wildman–Crippen MR) is 73.7 cm³/mol. The summed E-state index contributed by atoms with van der Waals surface area (Å²) in [5.41, 5.74) is -0.451. The van der Waals surface area contributed by atoms with Gasteiger partial charge in [0.25, 0.3) is 0 Å². The number of hydrogen-bond acceptors (Lipinski definition) is 5. The molecule has 1 saturated carbocycles. The van der Waals surface area contributed by atoms with Crippen LogP contribution in [0.3, 0.4) is 0 Å². The van der Waals surface area contributed by atoms with Gasteiger partial charge in [-0.15, -0.1) is 11.3 Å². The van der Waals surface area contributed by atoms with E-state index >= 15 is 0 Å². The Labute approximate surface area is 117 Å². The summed E-state index contributed by atoms with van der Waals surface area (Å²) in [6.45, 7) is 0.480. The van der Waals surface area contributed by atoms with Gasteiger partial charge in [-0.25, -0.2) is 13.1 Å². The first kappa shape index (κ1) is 14.9. The lowest BCUT2D eigenvalue weighted by Crippen LogP contribution is -2.43. The Morgan fingerprint density at radius 3 is 2.74 bits per heavy atom. The fraction of sp³-hybridized carbons (Fsp3) is 0.667. The van der Waals surface area contributed by atoms with Crippen molar-refractivity contribution in [3.63, 3.8) is 0 Å². The van der Waals surface area contributed by atoms with Crippen molar-refractivity contribution < 1.29 is 18.3 Å². The van der Waals surface area contributed by atoms with E-state index in [1.807, 2.05) is 0 Å². The molecule has 0 spiro atoms. The molecule has 0 saturated heterocycles. The highest BCUT2D eigenvalue weighted by atomic mass is 32.2. The molecule has 1 aromatic rings. The van der Waals surface area contributed by atoms with Crippen molar-refractivity contribution in [2.75, 3.05) is 19.8 Å². The minimum atomic E-state index is -3.44. The van der Waals surface area contributed by atoms with Crippen molar-refractivity contribution in [3.05, 3.63) is 17.5 Å². The first-order chi connectivity index (χ1) is 9.08. The zero-order valence-electron chi connectivity index (χ0n) is 10.7. The van der Waals surface area contributed by atoms with Crippen molar-refractivity contribution in [3.8, 4) is 0 Å². The number of hydrogen-bond donors (Lipinski definition) is 2. The monoisotopic (exact) mass is 305 g/mol. The molecule has 1 aliphatic rings. The number of thiophene rings is 1. The van der Waals surface area contributed by atoms with Gasteiger partial charge in [0.1, 0.15) is 4.21 Å². The first-order valence-electron chi connectivity index (χ1n) is 6.36. The summed E-state index contributed by atoms with van der Waals surface area (Å²) in [7, 11) is -3.44. The number of aliphatic hydroxyl groups excluding tert-OH is 1. The average molecular weight is 305 g/mol. The Hall–Kier alpha value is -0.470. The SMILES string of the molecule is O=S(=O)(NCC1(OCCO)CCCC1)c1cccs1. The van der Waals surface area contributed by atoms with Crippen LogP contribution in [-0.4, -0.2) is 38.9 Å². The average Bonchev–Trinajstić information content (AvgIpc) is 3.06. The third-order valence-electron chi connectivity index (χ3n) is 3.36. The van der Waals surface area contributed by atoms with Gasteiger partial charge in [0.2, 0.25) is 10.0 Å². The van der Waals surface area contributed by atoms with Gasteiger partial charge in [-0.2, -0.15) is 0 Å². The third-order valence-corrected chi connectivity index (χ3v) is 6.16. The van der Waals surface area contributed by atoms with Crippen molar-refractivity contribution in [1.29, 1.82) is 0 Å². The zero-order chi connectivity index (χ0) is 13.8. The molecule has 0 amide bonds. The van der Waals surface area contributed by atoms with Gasteiger partial charge in [-0.05, 0) is 24.3 Å². The molecule has 2 N–H and O–H groups in total. The van der Waals surface area contributed by atoms with E-state index in [9.17, 15) is 8.42 Å². The predicted octanol–water partition coefficient (Wildman–Crippen LogP) is 1.35. The van der Waals surface area contributed by atoms with Gasteiger partial charge in [0.05, 0.1) is 18.8 Å². The smallest absolute Gasteiger partial charge is 0.250 e. The van der Waals surface area contributed by atoms with Gasteiger partial charge >= 0.3 is 0 Å². The number of rotatable bonds is 7. The highest BCUT2D eigenvalue weighted by molar-refractivity contribution is 7.91. The largest absolute Gasteiger partial charge is 0.394 e. The van der Waals surface area contributed by atoms with Crippen molar-refractivity contribution in [2.24, 2.45) is 0 Å². The van der Waals surface area contributed by atoms with Crippen molar-refractivity contribution in [2.45, 2.75) is 35.5 Å². The minimum Gasteiger partial charge on any atom is -0.394 e. The van der Waals surface area contributed by atoms with E-state index in [0.717, 1.165) is 25.7 Å². The van der Waals surface area contributed by atoms with Gasteiger partial charge < -0.3 is 9.84 Å².